The van der Waals surface area contributed by atoms with E-state index in [0.29, 0.717) is 0 Å². The molecule has 13 heavy (non-hydrogen) atoms. The van der Waals surface area contributed by atoms with Gasteiger partial charge < -0.3 is 0 Å². The van der Waals surface area contributed by atoms with Crippen LogP contribution in [0.1, 0.15) is 42.9 Å². The molecule has 2 rings (SSSR count). The van der Waals surface area contributed by atoms with E-state index in [0.717, 1.165) is 0 Å². The summed E-state index contributed by atoms with van der Waals surface area (Å²) in [5.74, 6) is 0. The van der Waals surface area contributed by atoms with Crippen LogP contribution >= 0.6 is 0 Å². The van der Waals surface area contributed by atoms with Gasteiger partial charge >= 0.3 is 0 Å². The van der Waals surface area contributed by atoms with Crippen LogP contribution in [0.15, 0.2) is 18.2 Å². The second kappa shape index (κ2) is 3.95. The third kappa shape index (κ3) is 1.93. The summed E-state index contributed by atoms with van der Waals surface area (Å²) in [5, 5.41) is 0. The Morgan fingerprint density at radius 2 is 2.23 bits per heavy atom. The van der Waals surface area contributed by atoms with Gasteiger partial charge in [0.1, 0.15) is 0 Å². The Bertz CT molecular complexity index is 286. The molecule has 0 amide bonds. The van der Waals surface area contributed by atoms with Crippen LogP contribution in [0, 0.1) is 6.42 Å². The molecule has 1 aliphatic carbocycles. The second-order valence-corrected chi connectivity index (χ2v) is 3.88. The van der Waals surface area contributed by atoms with Gasteiger partial charge in [-0.25, -0.2) is 0 Å². The normalized spacial score (nSPS) is 15.5. The predicted molar refractivity (Wildman–Crippen MR) is 56.8 cm³/mol. The Kier molecular flexibility index (Phi) is 2.68. The molecule has 0 spiro atoms. The fraction of sp³-hybridized carbons (Fsp3) is 0.462. The van der Waals surface area contributed by atoms with Crippen molar-refractivity contribution in [1.29, 1.82) is 0 Å². The summed E-state index contributed by atoms with van der Waals surface area (Å²) in [6, 6.07) is 6.98. The summed E-state index contributed by atoms with van der Waals surface area (Å²) in [7, 11) is 0. The summed E-state index contributed by atoms with van der Waals surface area (Å²) in [6.45, 7) is 2.24. The molecule has 0 atom stereocenters. The van der Waals surface area contributed by atoms with Crippen LogP contribution in [0.5, 0.6) is 0 Å². The summed E-state index contributed by atoms with van der Waals surface area (Å²) < 4.78 is 0. The van der Waals surface area contributed by atoms with E-state index in [9.17, 15) is 0 Å². The molecule has 0 fully saturated rings. The largest absolute Gasteiger partial charge is 0.0651 e. The van der Waals surface area contributed by atoms with Crippen molar-refractivity contribution in [1.82, 2.24) is 0 Å². The SMILES string of the molecule is CCCc1ccc2c(c1)[CH]CCC2. The third-order valence-electron chi connectivity index (χ3n) is 2.76. The molecule has 1 aliphatic rings. The van der Waals surface area contributed by atoms with Crippen molar-refractivity contribution in [3.8, 4) is 0 Å². The lowest BCUT2D eigenvalue weighted by molar-refractivity contribution is 0.772. The highest BCUT2D eigenvalue weighted by Gasteiger charge is 2.08. The molecule has 0 heteroatoms. The van der Waals surface area contributed by atoms with E-state index in [-0.39, 0.29) is 0 Å². The summed E-state index contributed by atoms with van der Waals surface area (Å²) >= 11 is 0. The zero-order valence-corrected chi connectivity index (χ0v) is 8.34. The first kappa shape index (κ1) is 8.80. The van der Waals surface area contributed by atoms with Gasteiger partial charge in [-0.15, -0.1) is 0 Å². The lowest BCUT2D eigenvalue weighted by Gasteiger charge is -2.15. The monoisotopic (exact) mass is 173 g/mol. The van der Waals surface area contributed by atoms with Crippen molar-refractivity contribution < 1.29 is 0 Å². The van der Waals surface area contributed by atoms with Crippen molar-refractivity contribution in [3.05, 3.63) is 41.3 Å². The van der Waals surface area contributed by atoms with Crippen LogP contribution < -0.4 is 0 Å². The Balaban J connectivity index is 2.24. The number of hydrogen-bond donors (Lipinski definition) is 0. The molecule has 0 bridgehead atoms. The van der Waals surface area contributed by atoms with Gasteiger partial charge in [0, 0.05) is 0 Å². The first-order valence-corrected chi connectivity index (χ1v) is 5.35. The van der Waals surface area contributed by atoms with Gasteiger partial charge in [-0.2, -0.15) is 0 Å². The maximum absolute atomic E-state index is 2.39. The summed E-state index contributed by atoms with van der Waals surface area (Å²) in [6.07, 6.45) is 8.73. The number of fused-ring (bicyclic) bond motifs is 1. The molecule has 1 radical (unpaired) electrons. The van der Waals surface area contributed by atoms with Crippen molar-refractivity contribution in [2.45, 2.75) is 39.0 Å². The second-order valence-electron chi connectivity index (χ2n) is 3.88. The molecule has 0 heterocycles. The van der Waals surface area contributed by atoms with E-state index in [1.54, 1.807) is 5.56 Å². The van der Waals surface area contributed by atoms with Gasteiger partial charge in [0.25, 0.3) is 0 Å². The molecule has 1 aromatic carbocycles. The van der Waals surface area contributed by atoms with Gasteiger partial charge in [-0.1, -0.05) is 31.5 Å². The Morgan fingerprint density at radius 3 is 3.08 bits per heavy atom. The molecule has 0 unspecified atom stereocenters. The standard InChI is InChI=1S/C13H17/c1-2-5-11-8-9-12-6-3-4-7-13(12)10-11/h7-10H,2-6H2,1H3. The maximum atomic E-state index is 2.39. The highest BCUT2D eigenvalue weighted by atomic mass is 14.1. The maximum Gasteiger partial charge on any atom is -0.00900 e. The average molecular weight is 173 g/mol. The van der Waals surface area contributed by atoms with Crippen molar-refractivity contribution in [3.63, 3.8) is 0 Å². The lowest BCUT2D eigenvalue weighted by atomic mass is 9.90. The number of hydrogen-bond acceptors (Lipinski definition) is 0. The van der Waals surface area contributed by atoms with Crippen LogP contribution in [-0.4, -0.2) is 0 Å². The molecule has 0 saturated heterocycles. The Morgan fingerprint density at radius 1 is 1.31 bits per heavy atom. The van der Waals surface area contributed by atoms with Gasteiger partial charge in [0.05, 0.1) is 0 Å². The highest BCUT2D eigenvalue weighted by molar-refractivity contribution is 5.38. The van der Waals surface area contributed by atoms with Crippen LogP contribution in [0.2, 0.25) is 0 Å². The minimum absolute atomic E-state index is 1.22. The average Bonchev–Trinajstić information content (AvgIpc) is 2.18. The molecule has 0 aromatic heterocycles. The van der Waals surface area contributed by atoms with Crippen LogP contribution in [0.4, 0.5) is 0 Å². The van der Waals surface area contributed by atoms with E-state index in [1.165, 1.54) is 43.2 Å². The van der Waals surface area contributed by atoms with Crippen molar-refractivity contribution >= 4 is 0 Å². The van der Waals surface area contributed by atoms with Gasteiger partial charge in [-0.05, 0) is 48.8 Å². The van der Waals surface area contributed by atoms with Crippen LogP contribution in [0.3, 0.4) is 0 Å². The van der Waals surface area contributed by atoms with Gasteiger partial charge in [0.15, 0.2) is 0 Å². The fourth-order valence-corrected chi connectivity index (χ4v) is 2.06. The quantitative estimate of drug-likeness (QED) is 0.642. The first-order chi connectivity index (χ1) is 6.40. The van der Waals surface area contributed by atoms with E-state index >= 15 is 0 Å². The smallest absolute Gasteiger partial charge is 0.00900 e. The Labute approximate surface area is 81.0 Å². The van der Waals surface area contributed by atoms with Gasteiger partial charge in [0.2, 0.25) is 0 Å². The van der Waals surface area contributed by atoms with E-state index in [4.69, 9.17) is 0 Å². The van der Waals surface area contributed by atoms with Crippen molar-refractivity contribution in [2.75, 3.05) is 0 Å². The highest BCUT2D eigenvalue weighted by Crippen LogP contribution is 2.23. The topological polar surface area (TPSA) is 0 Å². The molecule has 0 N–H and O–H groups in total. The van der Waals surface area contributed by atoms with E-state index in [1.807, 2.05) is 0 Å². The molecular weight excluding hydrogens is 156 g/mol. The minimum Gasteiger partial charge on any atom is -0.0651 e. The summed E-state index contributed by atoms with van der Waals surface area (Å²) in [4.78, 5) is 0. The first-order valence-electron chi connectivity index (χ1n) is 5.35. The van der Waals surface area contributed by atoms with Crippen LogP contribution in [-0.2, 0) is 12.8 Å². The molecule has 0 aliphatic heterocycles. The molecule has 0 saturated carbocycles. The fourth-order valence-electron chi connectivity index (χ4n) is 2.06. The van der Waals surface area contributed by atoms with Crippen molar-refractivity contribution in [2.24, 2.45) is 0 Å². The molecule has 0 nitrogen and oxygen atoms in total. The molecule has 1 aromatic rings. The Hall–Kier alpha value is -0.780. The number of benzene rings is 1. The zero-order valence-electron chi connectivity index (χ0n) is 8.34. The van der Waals surface area contributed by atoms with Gasteiger partial charge in [-0.3, -0.25) is 0 Å². The van der Waals surface area contributed by atoms with E-state index < -0.39 is 0 Å². The lowest BCUT2D eigenvalue weighted by Crippen LogP contribution is -2.01. The number of aryl methyl sites for hydroxylation is 2. The van der Waals surface area contributed by atoms with Crippen LogP contribution in [0.25, 0.3) is 0 Å². The predicted octanol–water partition coefficient (Wildman–Crippen LogP) is 3.53. The summed E-state index contributed by atoms with van der Waals surface area (Å²) in [5.41, 5.74) is 4.54. The number of rotatable bonds is 2. The molecular formula is C13H17. The van der Waals surface area contributed by atoms with E-state index in [2.05, 4.69) is 31.5 Å². The minimum atomic E-state index is 1.22. The third-order valence-corrected chi connectivity index (χ3v) is 2.76. The zero-order chi connectivity index (χ0) is 9.10. The molecule has 69 valence electrons.